The van der Waals surface area contributed by atoms with Crippen molar-refractivity contribution in [2.45, 2.75) is 27.2 Å². The first kappa shape index (κ1) is 21.1. The van der Waals surface area contributed by atoms with Crippen molar-refractivity contribution in [2.75, 3.05) is 19.7 Å². The van der Waals surface area contributed by atoms with Crippen LogP contribution < -0.4 is 10.6 Å². The Morgan fingerprint density at radius 3 is 2.52 bits per heavy atom. The molecule has 0 spiro atoms. The number of nitrogens with one attached hydrogen (secondary N) is 2. The van der Waals surface area contributed by atoms with Crippen molar-refractivity contribution in [2.24, 2.45) is 0 Å². The maximum atomic E-state index is 12.2. The van der Waals surface area contributed by atoms with E-state index in [1.54, 1.807) is 23.7 Å². The number of halogens is 2. The molecular formula is C18H22Cl2N4O3. The molecule has 146 valence electrons. The third-order valence-corrected chi connectivity index (χ3v) is 4.66. The number of alkyl carbamates (subject to hydrolysis) is 1. The van der Waals surface area contributed by atoms with Gasteiger partial charge in [0.05, 0.1) is 34.5 Å². The number of aromatic nitrogens is 2. The van der Waals surface area contributed by atoms with Crippen LogP contribution in [0.4, 0.5) is 4.79 Å². The largest absolute Gasteiger partial charge is 0.450 e. The van der Waals surface area contributed by atoms with Crippen LogP contribution in [0.1, 0.15) is 23.9 Å². The molecule has 1 heterocycles. The highest BCUT2D eigenvalue weighted by Gasteiger charge is 2.16. The van der Waals surface area contributed by atoms with Crippen molar-refractivity contribution in [3.63, 3.8) is 0 Å². The van der Waals surface area contributed by atoms with E-state index >= 15 is 0 Å². The molecule has 0 saturated carbocycles. The van der Waals surface area contributed by atoms with Crippen molar-refractivity contribution in [1.82, 2.24) is 20.4 Å². The fourth-order valence-corrected chi connectivity index (χ4v) is 2.86. The second kappa shape index (κ2) is 9.62. The molecule has 1 aromatic heterocycles. The second-order valence-electron chi connectivity index (χ2n) is 5.83. The van der Waals surface area contributed by atoms with Gasteiger partial charge in [0, 0.05) is 24.3 Å². The van der Waals surface area contributed by atoms with E-state index in [4.69, 9.17) is 27.9 Å². The molecule has 1 aromatic carbocycles. The van der Waals surface area contributed by atoms with Gasteiger partial charge >= 0.3 is 6.09 Å². The number of rotatable bonds is 7. The lowest BCUT2D eigenvalue weighted by Crippen LogP contribution is -2.35. The molecule has 0 aliphatic carbocycles. The summed E-state index contributed by atoms with van der Waals surface area (Å²) >= 11 is 12.0. The molecule has 0 fully saturated rings. The van der Waals surface area contributed by atoms with Gasteiger partial charge in [-0.25, -0.2) is 9.48 Å². The first-order valence-corrected chi connectivity index (χ1v) is 9.27. The number of carbonyl (C=O) groups is 2. The van der Waals surface area contributed by atoms with E-state index in [0.717, 1.165) is 22.6 Å². The summed E-state index contributed by atoms with van der Waals surface area (Å²) in [6.45, 7) is 6.39. The number of amides is 2. The first-order valence-electron chi connectivity index (χ1n) is 8.51. The lowest BCUT2D eigenvalue weighted by Gasteiger charge is -2.08. The van der Waals surface area contributed by atoms with Gasteiger partial charge in [-0.3, -0.25) is 4.79 Å². The number of benzene rings is 1. The number of carbonyl (C=O) groups excluding carboxylic acids is 2. The van der Waals surface area contributed by atoms with Gasteiger partial charge < -0.3 is 15.4 Å². The summed E-state index contributed by atoms with van der Waals surface area (Å²) in [5, 5.41) is 10.7. The molecule has 27 heavy (non-hydrogen) atoms. The first-order chi connectivity index (χ1) is 12.8. The molecule has 2 rings (SSSR count). The number of nitrogens with zero attached hydrogens (tertiary/aromatic N) is 2. The van der Waals surface area contributed by atoms with Gasteiger partial charge in [0.15, 0.2) is 0 Å². The van der Waals surface area contributed by atoms with Crippen LogP contribution in [0.15, 0.2) is 18.2 Å². The van der Waals surface area contributed by atoms with Gasteiger partial charge in [0.1, 0.15) is 0 Å². The Balaban J connectivity index is 1.99. The topological polar surface area (TPSA) is 85.2 Å². The summed E-state index contributed by atoms with van der Waals surface area (Å²) in [5.74, 6) is -0.152. The summed E-state index contributed by atoms with van der Waals surface area (Å²) in [7, 11) is 0. The number of ether oxygens (including phenoxy) is 1. The highest BCUT2D eigenvalue weighted by molar-refractivity contribution is 6.42. The molecule has 0 saturated heterocycles. The van der Waals surface area contributed by atoms with E-state index in [9.17, 15) is 9.59 Å². The minimum Gasteiger partial charge on any atom is -0.450 e. The summed E-state index contributed by atoms with van der Waals surface area (Å²) < 4.78 is 6.48. The van der Waals surface area contributed by atoms with Crippen molar-refractivity contribution in [3.05, 3.63) is 45.2 Å². The fourth-order valence-electron chi connectivity index (χ4n) is 2.57. The summed E-state index contributed by atoms with van der Waals surface area (Å²) in [6.07, 6.45) is -0.306. The fraction of sp³-hybridized carbons (Fsp3) is 0.389. The average molecular weight is 413 g/mol. The summed E-state index contributed by atoms with van der Waals surface area (Å²) in [4.78, 5) is 23.4. The minimum atomic E-state index is -0.499. The zero-order chi connectivity index (χ0) is 20.0. The van der Waals surface area contributed by atoms with Crippen molar-refractivity contribution in [1.29, 1.82) is 0 Å². The van der Waals surface area contributed by atoms with E-state index in [1.807, 2.05) is 19.9 Å². The third-order valence-electron chi connectivity index (χ3n) is 3.92. The Bertz CT molecular complexity index is 836. The minimum absolute atomic E-state index is 0.152. The summed E-state index contributed by atoms with van der Waals surface area (Å²) in [5.41, 5.74) is 3.23. The number of aryl methyl sites for hydroxylation is 1. The zero-order valence-corrected chi connectivity index (χ0v) is 16.9. The molecule has 9 heteroatoms. The molecule has 0 unspecified atom stereocenters. The molecule has 2 amide bonds. The van der Waals surface area contributed by atoms with Crippen LogP contribution in [0.2, 0.25) is 10.0 Å². The van der Waals surface area contributed by atoms with Crippen molar-refractivity contribution in [3.8, 4) is 5.69 Å². The van der Waals surface area contributed by atoms with E-state index in [2.05, 4.69) is 15.7 Å². The Hall–Kier alpha value is -2.25. The molecule has 0 aliphatic rings. The lowest BCUT2D eigenvalue weighted by molar-refractivity contribution is -0.120. The van der Waals surface area contributed by atoms with Gasteiger partial charge in [-0.2, -0.15) is 5.10 Å². The van der Waals surface area contributed by atoms with Crippen LogP contribution in [0.5, 0.6) is 0 Å². The van der Waals surface area contributed by atoms with Crippen LogP contribution >= 0.6 is 23.2 Å². The molecule has 7 nitrogen and oxygen atoms in total. The van der Waals surface area contributed by atoms with Crippen LogP contribution in [0.25, 0.3) is 5.69 Å². The lowest BCUT2D eigenvalue weighted by atomic mass is 10.1. The SMILES string of the molecule is CCOC(=O)NCCNC(=O)Cc1c(C)nn(-c2ccc(Cl)c(Cl)c2)c1C. The third kappa shape index (κ3) is 5.61. The molecule has 0 bridgehead atoms. The van der Waals surface area contributed by atoms with E-state index in [-0.39, 0.29) is 12.3 Å². The maximum Gasteiger partial charge on any atom is 0.407 e. The smallest absolute Gasteiger partial charge is 0.407 e. The number of hydrogen-bond donors (Lipinski definition) is 2. The number of hydrogen-bond acceptors (Lipinski definition) is 4. The summed E-state index contributed by atoms with van der Waals surface area (Å²) in [6, 6.07) is 5.26. The van der Waals surface area contributed by atoms with E-state index < -0.39 is 6.09 Å². The highest BCUT2D eigenvalue weighted by atomic mass is 35.5. The van der Waals surface area contributed by atoms with E-state index in [0.29, 0.717) is 29.7 Å². The molecule has 2 N–H and O–H groups in total. The zero-order valence-electron chi connectivity index (χ0n) is 15.4. The predicted molar refractivity (Wildman–Crippen MR) is 105 cm³/mol. The van der Waals surface area contributed by atoms with Crippen LogP contribution in [0, 0.1) is 13.8 Å². The second-order valence-corrected chi connectivity index (χ2v) is 6.65. The van der Waals surface area contributed by atoms with Crippen LogP contribution in [0.3, 0.4) is 0 Å². The van der Waals surface area contributed by atoms with Crippen LogP contribution in [-0.4, -0.2) is 41.5 Å². The predicted octanol–water partition coefficient (Wildman–Crippen LogP) is 3.20. The normalized spacial score (nSPS) is 10.6. The standard InChI is InChI=1S/C18H22Cl2N4O3/c1-4-27-18(26)22-8-7-21-17(25)10-14-11(2)23-24(12(14)3)13-5-6-15(19)16(20)9-13/h5-6,9H,4,7-8,10H2,1-3H3,(H,21,25)(H,22,26). The van der Waals surface area contributed by atoms with Crippen LogP contribution in [-0.2, 0) is 16.0 Å². The van der Waals surface area contributed by atoms with Crippen molar-refractivity contribution < 1.29 is 14.3 Å². The molecule has 0 atom stereocenters. The average Bonchev–Trinajstić information content (AvgIpc) is 2.89. The van der Waals surface area contributed by atoms with Crippen molar-refractivity contribution >= 4 is 35.2 Å². The maximum absolute atomic E-state index is 12.2. The van der Waals surface area contributed by atoms with Gasteiger partial charge in [-0.1, -0.05) is 23.2 Å². The Morgan fingerprint density at radius 2 is 1.85 bits per heavy atom. The van der Waals surface area contributed by atoms with Gasteiger partial charge in [-0.15, -0.1) is 0 Å². The quantitative estimate of drug-likeness (QED) is 0.683. The van der Waals surface area contributed by atoms with E-state index in [1.165, 1.54) is 0 Å². The van der Waals surface area contributed by atoms with Gasteiger partial charge in [-0.05, 0) is 39.0 Å². The van der Waals surface area contributed by atoms with Gasteiger partial charge in [0.2, 0.25) is 5.91 Å². The molecule has 0 radical (unpaired) electrons. The Morgan fingerprint density at radius 1 is 1.15 bits per heavy atom. The monoisotopic (exact) mass is 412 g/mol. The Kier molecular flexibility index (Phi) is 7.50. The molecular weight excluding hydrogens is 391 g/mol. The molecule has 0 aliphatic heterocycles. The highest BCUT2D eigenvalue weighted by Crippen LogP contribution is 2.26. The Labute approximate surface area is 168 Å². The molecule has 2 aromatic rings. The van der Waals surface area contributed by atoms with Gasteiger partial charge in [0.25, 0.3) is 0 Å².